The summed E-state index contributed by atoms with van der Waals surface area (Å²) in [5.41, 5.74) is 0.392. The third-order valence-corrected chi connectivity index (χ3v) is 1.60. The molecule has 0 atom stereocenters. The molecule has 1 rings (SSSR count). The van der Waals surface area contributed by atoms with Gasteiger partial charge in [-0.05, 0) is 0 Å². The normalized spacial score (nSPS) is 8.93. The maximum atomic E-state index is 11.1. The predicted octanol–water partition coefficient (Wildman–Crippen LogP) is 0.748. The third kappa shape index (κ3) is 1.80. The molecule has 5 heteroatoms. The van der Waals surface area contributed by atoms with Crippen LogP contribution in [0.25, 0.3) is 0 Å². The largest absolute Gasteiger partial charge is 0.495 e. The molecule has 0 aliphatic carbocycles. The Bertz CT molecular complexity index is 396. The Kier molecular flexibility index (Phi) is 3.02. The van der Waals surface area contributed by atoms with Gasteiger partial charge in [0.25, 0.3) is 0 Å². The van der Waals surface area contributed by atoms with Gasteiger partial charge >= 0.3 is 5.97 Å². The number of aromatic nitrogens is 1. The van der Waals surface area contributed by atoms with Crippen LogP contribution in [0.2, 0.25) is 0 Å². The van der Waals surface area contributed by atoms with Gasteiger partial charge in [0.2, 0.25) is 0 Å². The summed E-state index contributed by atoms with van der Waals surface area (Å²) >= 11 is 0. The van der Waals surface area contributed by atoms with Gasteiger partial charge in [-0.2, -0.15) is 5.26 Å². The Balaban J connectivity index is 3.15. The number of nitrogens with zero attached hydrogens (tertiary/aromatic N) is 2. The molecular weight excluding hydrogens is 184 g/mol. The summed E-state index contributed by atoms with van der Waals surface area (Å²) in [5, 5.41) is 8.65. The van der Waals surface area contributed by atoms with E-state index in [-0.39, 0.29) is 11.3 Å². The van der Waals surface area contributed by atoms with Crippen molar-refractivity contribution in [3.8, 4) is 11.8 Å². The minimum atomic E-state index is -0.562. The summed E-state index contributed by atoms with van der Waals surface area (Å²) < 4.78 is 9.37. The Morgan fingerprint density at radius 2 is 2.29 bits per heavy atom. The minimum Gasteiger partial charge on any atom is -0.495 e. The highest BCUT2D eigenvalue weighted by Gasteiger charge is 2.11. The van der Waals surface area contributed by atoms with Crippen molar-refractivity contribution < 1.29 is 14.3 Å². The second-order valence-corrected chi connectivity index (χ2v) is 2.37. The number of hydrogen-bond acceptors (Lipinski definition) is 5. The lowest BCUT2D eigenvalue weighted by Gasteiger charge is -2.03. The maximum absolute atomic E-state index is 11.1. The molecule has 0 N–H and O–H groups in total. The van der Waals surface area contributed by atoms with E-state index in [1.807, 2.05) is 6.07 Å². The fraction of sp³-hybridized carbons (Fsp3) is 0.222. The van der Waals surface area contributed by atoms with E-state index >= 15 is 0 Å². The standard InChI is InChI=1S/C9H8N2O3/c1-13-8-3-7(9(12)14-2)11-5-6(8)4-10/h3,5H,1-2H3. The molecule has 0 saturated carbocycles. The molecule has 14 heavy (non-hydrogen) atoms. The van der Waals surface area contributed by atoms with Gasteiger partial charge in [0.1, 0.15) is 17.4 Å². The molecule has 0 saturated heterocycles. The lowest BCUT2D eigenvalue weighted by atomic mass is 10.2. The number of rotatable bonds is 2. The van der Waals surface area contributed by atoms with Crippen LogP contribution in [0, 0.1) is 11.3 Å². The van der Waals surface area contributed by atoms with Crippen LogP contribution >= 0.6 is 0 Å². The number of pyridine rings is 1. The number of nitriles is 1. The van der Waals surface area contributed by atoms with Crippen LogP contribution in [0.15, 0.2) is 12.3 Å². The van der Waals surface area contributed by atoms with Gasteiger partial charge < -0.3 is 9.47 Å². The number of hydrogen-bond donors (Lipinski definition) is 0. The van der Waals surface area contributed by atoms with Crippen LogP contribution in [0.3, 0.4) is 0 Å². The fourth-order valence-corrected chi connectivity index (χ4v) is 0.906. The number of carbonyl (C=O) groups excluding carboxylic acids is 1. The zero-order valence-corrected chi connectivity index (χ0v) is 7.77. The molecule has 0 aliphatic heterocycles. The topological polar surface area (TPSA) is 72.2 Å². The van der Waals surface area contributed by atoms with E-state index in [0.717, 1.165) is 0 Å². The molecule has 0 amide bonds. The molecule has 1 aromatic heterocycles. The summed E-state index contributed by atoms with van der Waals surface area (Å²) in [6, 6.07) is 3.26. The van der Waals surface area contributed by atoms with E-state index in [9.17, 15) is 4.79 Å². The van der Waals surface area contributed by atoms with E-state index in [0.29, 0.717) is 5.75 Å². The molecule has 0 fully saturated rings. The lowest BCUT2D eigenvalue weighted by Crippen LogP contribution is -2.05. The summed E-state index contributed by atoms with van der Waals surface area (Å²) in [6.45, 7) is 0. The van der Waals surface area contributed by atoms with Gasteiger partial charge in [-0.25, -0.2) is 9.78 Å². The van der Waals surface area contributed by atoms with Crippen molar-refractivity contribution in [2.75, 3.05) is 14.2 Å². The summed E-state index contributed by atoms with van der Waals surface area (Å²) in [7, 11) is 2.67. The maximum Gasteiger partial charge on any atom is 0.356 e. The van der Waals surface area contributed by atoms with Crippen molar-refractivity contribution in [1.82, 2.24) is 4.98 Å². The predicted molar refractivity (Wildman–Crippen MR) is 46.8 cm³/mol. The number of carbonyl (C=O) groups is 1. The first kappa shape index (κ1) is 9.99. The average Bonchev–Trinajstić information content (AvgIpc) is 2.26. The molecule has 0 spiro atoms. The molecule has 5 nitrogen and oxygen atoms in total. The van der Waals surface area contributed by atoms with Gasteiger partial charge in [-0.15, -0.1) is 0 Å². The van der Waals surface area contributed by atoms with E-state index < -0.39 is 5.97 Å². The molecule has 0 aromatic carbocycles. The first-order valence-corrected chi connectivity index (χ1v) is 3.75. The number of esters is 1. The van der Waals surface area contributed by atoms with Crippen LogP contribution in [-0.4, -0.2) is 25.2 Å². The zero-order valence-electron chi connectivity index (χ0n) is 7.77. The van der Waals surface area contributed by atoms with Crippen molar-refractivity contribution in [2.45, 2.75) is 0 Å². The highest BCUT2D eigenvalue weighted by atomic mass is 16.5. The molecule has 0 bridgehead atoms. The van der Waals surface area contributed by atoms with Gasteiger partial charge in [-0.1, -0.05) is 0 Å². The zero-order chi connectivity index (χ0) is 10.6. The van der Waals surface area contributed by atoms with Crippen molar-refractivity contribution in [3.05, 3.63) is 23.5 Å². The Morgan fingerprint density at radius 3 is 2.79 bits per heavy atom. The Hall–Kier alpha value is -2.09. The second-order valence-electron chi connectivity index (χ2n) is 2.37. The summed E-state index contributed by atoms with van der Waals surface area (Å²) in [4.78, 5) is 14.8. The van der Waals surface area contributed by atoms with Crippen molar-refractivity contribution in [2.24, 2.45) is 0 Å². The van der Waals surface area contributed by atoms with E-state index in [1.54, 1.807) is 0 Å². The number of ether oxygens (including phenoxy) is 2. The SMILES string of the molecule is COC(=O)c1cc(OC)c(C#N)cn1. The van der Waals surface area contributed by atoms with Crippen molar-refractivity contribution in [1.29, 1.82) is 5.26 Å². The minimum absolute atomic E-state index is 0.114. The molecule has 0 aliphatic rings. The molecule has 0 unspecified atom stereocenters. The van der Waals surface area contributed by atoms with Crippen LogP contribution in [-0.2, 0) is 4.74 Å². The first-order chi connectivity index (χ1) is 6.72. The molecular formula is C9H8N2O3. The monoisotopic (exact) mass is 192 g/mol. The van der Waals surface area contributed by atoms with E-state index in [2.05, 4.69) is 9.72 Å². The van der Waals surface area contributed by atoms with Crippen LogP contribution < -0.4 is 4.74 Å². The van der Waals surface area contributed by atoms with Crippen LogP contribution in [0.5, 0.6) is 5.75 Å². The van der Waals surface area contributed by atoms with Crippen molar-refractivity contribution >= 4 is 5.97 Å². The van der Waals surface area contributed by atoms with Gasteiger partial charge in [0.15, 0.2) is 5.69 Å². The van der Waals surface area contributed by atoms with Gasteiger partial charge in [0.05, 0.1) is 14.2 Å². The highest BCUT2D eigenvalue weighted by molar-refractivity contribution is 5.87. The van der Waals surface area contributed by atoms with Gasteiger partial charge in [0, 0.05) is 12.3 Å². The smallest absolute Gasteiger partial charge is 0.356 e. The van der Waals surface area contributed by atoms with Gasteiger partial charge in [-0.3, -0.25) is 0 Å². The molecule has 1 aromatic rings. The van der Waals surface area contributed by atoms with Crippen molar-refractivity contribution in [3.63, 3.8) is 0 Å². The van der Waals surface area contributed by atoms with E-state index in [1.165, 1.54) is 26.5 Å². The summed E-state index contributed by atoms with van der Waals surface area (Å²) in [5.74, 6) is -0.254. The average molecular weight is 192 g/mol. The van der Waals surface area contributed by atoms with Crippen LogP contribution in [0.4, 0.5) is 0 Å². The highest BCUT2D eigenvalue weighted by Crippen LogP contribution is 2.17. The molecule has 72 valence electrons. The fourth-order valence-electron chi connectivity index (χ4n) is 0.906. The lowest BCUT2D eigenvalue weighted by molar-refractivity contribution is 0.0593. The van der Waals surface area contributed by atoms with Crippen LogP contribution in [0.1, 0.15) is 16.1 Å². The first-order valence-electron chi connectivity index (χ1n) is 3.75. The Labute approximate surface area is 80.9 Å². The second kappa shape index (κ2) is 4.23. The Morgan fingerprint density at radius 1 is 1.57 bits per heavy atom. The quantitative estimate of drug-likeness (QED) is 0.646. The van der Waals surface area contributed by atoms with E-state index in [4.69, 9.17) is 10.00 Å². The molecule has 0 radical (unpaired) electrons. The third-order valence-electron chi connectivity index (χ3n) is 1.60. The molecule has 1 heterocycles. The number of methoxy groups -OCH3 is 2. The summed E-state index contributed by atoms with van der Waals surface area (Å²) in [6.07, 6.45) is 1.27.